The summed E-state index contributed by atoms with van der Waals surface area (Å²) >= 11 is 1.54. The zero-order valence-corrected chi connectivity index (χ0v) is 14.6. The Kier molecular flexibility index (Phi) is 16.7. The Balaban J connectivity index is 3.03. The molecule has 20 heavy (non-hydrogen) atoms. The number of thioether (sulfide) groups is 1. The number of rotatable bonds is 14. The third kappa shape index (κ3) is 15.9. The molecule has 0 unspecified atom stereocenters. The van der Waals surface area contributed by atoms with Crippen molar-refractivity contribution in [2.45, 2.75) is 90.4 Å². The van der Waals surface area contributed by atoms with E-state index in [1.165, 1.54) is 95.2 Å². The van der Waals surface area contributed by atoms with E-state index in [0.29, 0.717) is 0 Å². The lowest BCUT2D eigenvalue weighted by Crippen LogP contribution is -2.06. The Labute approximate surface area is 131 Å². The van der Waals surface area contributed by atoms with Crippen LogP contribution in [0, 0.1) is 0 Å². The standard InChI is InChI=1S/C17H36N2S/c1-3-4-5-6-7-8-9-10-11-12-13-14-15-16-19-17(18)20-2/h3-16H2,1-2H3,(H2,18,19). The third-order valence-corrected chi connectivity index (χ3v) is 4.29. The monoisotopic (exact) mass is 300 g/mol. The first-order valence-corrected chi connectivity index (χ1v) is 9.87. The largest absolute Gasteiger partial charge is 0.379 e. The average molecular weight is 301 g/mol. The van der Waals surface area contributed by atoms with Crippen molar-refractivity contribution in [3.05, 3.63) is 0 Å². The molecule has 0 aliphatic rings. The van der Waals surface area contributed by atoms with Gasteiger partial charge in [0.2, 0.25) is 0 Å². The van der Waals surface area contributed by atoms with Crippen molar-refractivity contribution in [3.63, 3.8) is 0 Å². The van der Waals surface area contributed by atoms with E-state index in [1.54, 1.807) is 0 Å². The lowest BCUT2D eigenvalue weighted by Gasteiger charge is -2.02. The fourth-order valence-corrected chi connectivity index (χ4v) is 2.60. The van der Waals surface area contributed by atoms with Gasteiger partial charge in [0, 0.05) is 6.54 Å². The summed E-state index contributed by atoms with van der Waals surface area (Å²) in [6.45, 7) is 3.19. The van der Waals surface area contributed by atoms with Crippen LogP contribution >= 0.6 is 11.8 Å². The van der Waals surface area contributed by atoms with Gasteiger partial charge in [-0.15, -0.1) is 0 Å². The summed E-state index contributed by atoms with van der Waals surface area (Å²) in [6.07, 6.45) is 20.1. The van der Waals surface area contributed by atoms with Crippen molar-refractivity contribution < 1.29 is 0 Å². The van der Waals surface area contributed by atoms with Crippen LogP contribution in [0.5, 0.6) is 0 Å². The molecule has 0 atom stereocenters. The van der Waals surface area contributed by atoms with Gasteiger partial charge in [-0.05, 0) is 12.7 Å². The highest BCUT2D eigenvalue weighted by atomic mass is 32.2. The molecule has 3 heteroatoms. The molecular weight excluding hydrogens is 264 g/mol. The smallest absolute Gasteiger partial charge is 0.153 e. The number of aliphatic imine (C=N–C) groups is 1. The second kappa shape index (κ2) is 16.9. The first-order chi connectivity index (χ1) is 9.81. The van der Waals surface area contributed by atoms with Crippen LogP contribution in [0.1, 0.15) is 90.4 Å². The van der Waals surface area contributed by atoms with Crippen LogP contribution in [0.3, 0.4) is 0 Å². The molecule has 0 aliphatic carbocycles. The molecule has 0 radical (unpaired) electrons. The highest BCUT2D eigenvalue weighted by Gasteiger charge is 1.94. The molecule has 0 saturated heterocycles. The van der Waals surface area contributed by atoms with E-state index in [9.17, 15) is 0 Å². The van der Waals surface area contributed by atoms with E-state index in [0.717, 1.165) is 11.7 Å². The minimum absolute atomic E-state index is 0.726. The summed E-state index contributed by atoms with van der Waals surface area (Å²) in [5.74, 6) is 0. The molecule has 2 nitrogen and oxygen atoms in total. The number of hydrogen-bond donors (Lipinski definition) is 1. The lowest BCUT2D eigenvalue weighted by atomic mass is 10.0. The van der Waals surface area contributed by atoms with Gasteiger partial charge in [-0.25, -0.2) is 0 Å². The van der Waals surface area contributed by atoms with Gasteiger partial charge < -0.3 is 5.73 Å². The fraction of sp³-hybridized carbons (Fsp3) is 0.941. The van der Waals surface area contributed by atoms with Crippen molar-refractivity contribution in [2.24, 2.45) is 10.7 Å². The SMILES string of the molecule is CCCCCCCCCCCCCCCN=C(N)SC. The Morgan fingerprint density at radius 3 is 1.55 bits per heavy atom. The Bertz CT molecular complexity index is 217. The molecule has 0 amide bonds. The molecule has 0 aliphatic heterocycles. The van der Waals surface area contributed by atoms with Gasteiger partial charge in [0.05, 0.1) is 0 Å². The number of hydrogen-bond acceptors (Lipinski definition) is 2. The number of unbranched alkanes of at least 4 members (excludes halogenated alkanes) is 12. The maximum atomic E-state index is 5.63. The van der Waals surface area contributed by atoms with Crippen molar-refractivity contribution in [3.8, 4) is 0 Å². The molecule has 0 heterocycles. The van der Waals surface area contributed by atoms with Gasteiger partial charge in [0.1, 0.15) is 0 Å². The molecule has 0 rings (SSSR count). The predicted molar refractivity (Wildman–Crippen MR) is 95.7 cm³/mol. The Hall–Kier alpha value is -0.180. The molecule has 0 fully saturated rings. The highest BCUT2D eigenvalue weighted by Crippen LogP contribution is 2.12. The van der Waals surface area contributed by atoms with Crippen LogP contribution in [0.4, 0.5) is 0 Å². The number of nitrogens with zero attached hydrogens (tertiary/aromatic N) is 1. The zero-order valence-electron chi connectivity index (χ0n) is 13.8. The Morgan fingerprint density at radius 2 is 1.15 bits per heavy atom. The molecule has 0 saturated carbocycles. The quantitative estimate of drug-likeness (QED) is 0.252. The second-order valence-electron chi connectivity index (χ2n) is 5.67. The van der Waals surface area contributed by atoms with Gasteiger partial charge >= 0.3 is 0 Å². The van der Waals surface area contributed by atoms with Gasteiger partial charge in [-0.3, -0.25) is 4.99 Å². The van der Waals surface area contributed by atoms with Crippen molar-refractivity contribution in [2.75, 3.05) is 12.8 Å². The first-order valence-electron chi connectivity index (χ1n) is 8.65. The fourth-order valence-electron chi connectivity index (χ4n) is 2.38. The minimum Gasteiger partial charge on any atom is -0.379 e. The van der Waals surface area contributed by atoms with Crippen LogP contribution in [0.2, 0.25) is 0 Å². The van der Waals surface area contributed by atoms with E-state index in [1.807, 2.05) is 6.26 Å². The van der Waals surface area contributed by atoms with Crippen LogP contribution < -0.4 is 5.73 Å². The number of amidine groups is 1. The lowest BCUT2D eigenvalue weighted by molar-refractivity contribution is 0.540. The highest BCUT2D eigenvalue weighted by molar-refractivity contribution is 8.13. The van der Waals surface area contributed by atoms with Crippen molar-refractivity contribution in [1.29, 1.82) is 0 Å². The van der Waals surface area contributed by atoms with E-state index >= 15 is 0 Å². The molecule has 0 aromatic carbocycles. The van der Waals surface area contributed by atoms with E-state index < -0.39 is 0 Å². The maximum Gasteiger partial charge on any atom is 0.153 e. The van der Waals surface area contributed by atoms with Gasteiger partial charge in [0.15, 0.2) is 5.17 Å². The number of nitrogens with two attached hydrogens (primary N) is 1. The van der Waals surface area contributed by atoms with Crippen LogP contribution in [0.15, 0.2) is 4.99 Å². The van der Waals surface area contributed by atoms with E-state index in [4.69, 9.17) is 5.73 Å². The predicted octanol–water partition coefficient (Wildman–Crippen LogP) is 5.76. The molecule has 0 bridgehead atoms. The zero-order chi connectivity index (χ0) is 14.9. The van der Waals surface area contributed by atoms with Gasteiger partial charge in [0.25, 0.3) is 0 Å². The molecule has 2 N–H and O–H groups in total. The topological polar surface area (TPSA) is 38.4 Å². The average Bonchev–Trinajstić information content (AvgIpc) is 2.47. The van der Waals surface area contributed by atoms with Gasteiger partial charge in [-0.1, -0.05) is 95.7 Å². The molecule has 120 valence electrons. The van der Waals surface area contributed by atoms with E-state index in [2.05, 4.69) is 11.9 Å². The summed E-state index contributed by atoms with van der Waals surface area (Å²) in [5.41, 5.74) is 5.63. The van der Waals surface area contributed by atoms with Crippen molar-refractivity contribution in [1.82, 2.24) is 0 Å². The van der Waals surface area contributed by atoms with Gasteiger partial charge in [-0.2, -0.15) is 0 Å². The molecule has 0 aromatic rings. The summed E-state index contributed by atoms with van der Waals surface area (Å²) in [6, 6.07) is 0. The van der Waals surface area contributed by atoms with Crippen molar-refractivity contribution >= 4 is 16.9 Å². The summed E-state index contributed by atoms with van der Waals surface area (Å²) in [7, 11) is 0. The second-order valence-corrected chi connectivity index (χ2v) is 6.49. The van der Waals surface area contributed by atoms with Crippen LogP contribution in [0.25, 0.3) is 0 Å². The minimum atomic E-state index is 0.726. The normalized spacial score (nSPS) is 12.0. The summed E-state index contributed by atoms with van der Waals surface area (Å²) in [5, 5.41) is 0.726. The molecule has 0 aromatic heterocycles. The van der Waals surface area contributed by atoms with Crippen LogP contribution in [-0.2, 0) is 0 Å². The van der Waals surface area contributed by atoms with E-state index in [-0.39, 0.29) is 0 Å². The summed E-state index contributed by atoms with van der Waals surface area (Å²) < 4.78 is 0. The van der Waals surface area contributed by atoms with Crippen LogP contribution in [-0.4, -0.2) is 18.0 Å². The molecule has 0 spiro atoms. The maximum absolute atomic E-state index is 5.63. The summed E-state index contributed by atoms with van der Waals surface area (Å²) in [4.78, 5) is 4.29. The first kappa shape index (κ1) is 19.8. The molecular formula is C17H36N2S. The third-order valence-electron chi connectivity index (χ3n) is 3.74. The Morgan fingerprint density at radius 1 is 0.750 bits per heavy atom.